The Kier molecular flexibility index (Phi) is 8.85. The van der Waals surface area contributed by atoms with Gasteiger partial charge in [0.2, 0.25) is 17.8 Å². The molecule has 0 saturated carbocycles. The Balaban J connectivity index is 1.15. The van der Waals surface area contributed by atoms with Gasteiger partial charge in [-0.2, -0.15) is 15.0 Å². The molecule has 0 amide bonds. The van der Waals surface area contributed by atoms with Crippen molar-refractivity contribution in [2.75, 3.05) is 0 Å². The van der Waals surface area contributed by atoms with E-state index in [2.05, 4.69) is 118 Å². The summed E-state index contributed by atoms with van der Waals surface area (Å²) in [6.07, 6.45) is 7.78. The van der Waals surface area contributed by atoms with E-state index in [1.165, 1.54) is 0 Å². The van der Waals surface area contributed by atoms with Gasteiger partial charge in [-0.1, -0.05) is 133 Å². The van der Waals surface area contributed by atoms with E-state index < -0.39 is 6.85 Å². The standard InChI is InChI=1S/C52H37BN6O2/c1-3-4-5-30-49(61-46-28-16-6-18-34(46)2)57-53-40-23-11-17-29-47(40)60-48-32-31-35(33-41(48)53)50-54-51(58-42-24-12-7-19-36(42)37-20-8-13-25-43(37)58)56-52(55-50)59-44-26-14-9-21-38(44)39-22-10-15-27-45(39)59/h3-33H,1-2H3/b4-3-,30-5-,57-49-. The minimum absolute atomic E-state index is 0.466. The molecule has 0 aliphatic carbocycles. The van der Waals surface area contributed by atoms with E-state index in [0.717, 1.165) is 77.2 Å². The van der Waals surface area contributed by atoms with Crippen LogP contribution in [0, 0.1) is 6.92 Å². The molecule has 3 aromatic heterocycles. The molecule has 0 spiro atoms. The number of allylic oxidation sites excluding steroid dienone is 3. The van der Waals surface area contributed by atoms with Crippen LogP contribution in [0.15, 0.2) is 193 Å². The van der Waals surface area contributed by atoms with E-state index in [1.54, 1.807) is 0 Å². The third-order valence-corrected chi connectivity index (χ3v) is 11.3. The SMILES string of the molecule is C\C=C/C=C\C(=N\B1c2ccccc2Oc2ccc(-c3nc(-n4c5ccccc5c5ccccc54)nc(-n4c5ccccc5c5ccccc54)n3)cc21)Oc1ccccc1C. The van der Waals surface area contributed by atoms with Crippen LogP contribution in [0.25, 0.3) is 66.9 Å². The first-order valence-electron chi connectivity index (χ1n) is 20.4. The smallest absolute Gasteiger partial charge is 0.356 e. The Bertz CT molecular complexity index is 3200. The lowest BCUT2D eigenvalue weighted by molar-refractivity contribution is 0.487. The molecule has 290 valence electrons. The van der Waals surface area contributed by atoms with Gasteiger partial charge in [0, 0.05) is 27.1 Å². The van der Waals surface area contributed by atoms with E-state index in [9.17, 15) is 0 Å². The van der Waals surface area contributed by atoms with Gasteiger partial charge in [-0.25, -0.2) is 0 Å². The second-order valence-corrected chi connectivity index (χ2v) is 15.0. The van der Waals surface area contributed by atoms with Crippen LogP contribution in [0.2, 0.25) is 0 Å². The molecule has 0 atom stereocenters. The van der Waals surface area contributed by atoms with Gasteiger partial charge in [0.15, 0.2) is 5.82 Å². The number of aryl methyl sites for hydroxylation is 1. The van der Waals surface area contributed by atoms with Crippen LogP contribution in [-0.2, 0) is 0 Å². The van der Waals surface area contributed by atoms with Crippen molar-refractivity contribution >= 4 is 67.3 Å². The Labute approximate surface area is 352 Å². The minimum Gasteiger partial charge on any atom is -0.458 e. The third kappa shape index (κ3) is 6.26. The third-order valence-electron chi connectivity index (χ3n) is 11.3. The van der Waals surface area contributed by atoms with Crippen LogP contribution in [0.1, 0.15) is 12.5 Å². The van der Waals surface area contributed by atoms with Gasteiger partial charge in [-0.15, -0.1) is 0 Å². The average Bonchev–Trinajstić information content (AvgIpc) is 3.83. The summed E-state index contributed by atoms with van der Waals surface area (Å²) in [5.41, 5.74) is 7.61. The zero-order valence-corrected chi connectivity index (χ0v) is 33.5. The molecule has 0 bridgehead atoms. The fourth-order valence-corrected chi connectivity index (χ4v) is 8.44. The highest BCUT2D eigenvalue weighted by Crippen LogP contribution is 2.35. The molecular weight excluding hydrogens is 751 g/mol. The molecule has 1 aliphatic rings. The number of hydrogen-bond acceptors (Lipinski definition) is 6. The molecule has 9 heteroatoms. The molecule has 0 saturated heterocycles. The number of hydrogen-bond donors (Lipinski definition) is 0. The van der Waals surface area contributed by atoms with Gasteiger partial charge in [-0.05, 0) is 84.9 Å². The van der Waals surface area contributed by atoms with Crippen molar-refractivity contribution in [1.82, 2.24) is 24.1 Å². The topological polar surface area (TPSA) is 79.4 Å². The normalized spacial score (nSPS) is 12.8. The highest BCUT2D eigenvalue weighted by atomic mass is 16.5. The fraction of sp³-hybridized carbons (Fsp3) is 0.0385. The van der Waals surface area contributed by atoms with E-state index >= 15 is 0 Å². The molecule has 11 rings (SSSR count). The van der Waals surface area contributed by atoms with Crippen LogP contribution >= 0.6 is 0 Å². The van der Waals surface area contributed by atoms with Crippen LogP contribution in [0.5, 0.6) is 17.2 Å². The molecule has 0 unspecified atom stereocenters. The van der Waals surface area contributed by atoms with Crippen molar-refractivity contribution < 1.29 is 9.47 Å². The number of ether oxygens (including phenoxy) is 2. The first-order chi connectivity index (χ1) is 30.1. The lowest BCUT2D eigenvalue weighted by Gasteiger charge is -2.24. The second kappa shape index (κ2) is 15.0. The highest BCUT2D eigenvalue weighted by molar-refractivity contribution is 6.86. The summed E-state index contributed by atoms with van der Waals surface area (Å²) in [5.74, 6) is 4.17. The molecule has 1 aliphatic heterocycles. The number of aromatic nitrogens is 5. The summed E-state index contributed by atoms with van der Waals surface area (Å²) in [5, 5.41) is 4.49. The predicted octanol–water partition coefficient (Wildman–Crippen LogP) is 10.9. The summed E-state index contributed by atoms with van der Waals surface area (Å²) < 4.78 is 17.4. The van der Waals surface area contributed by atoms with Gasteiger partial charge in [0.1, 0.15) is 17.2 Å². The summed E-state index contributed by atoms with van der Waals surface area (Å²) in [6.45, 7) is 3.55. The average molecular weight is 789 g/mol. The van der Waals surface area contributed by atoms with Gasteiger partial charge in [0.05, 0.1) is 22.1 Å². The first-order valence-corrected chi connectivity index (χ1v) is 20.4. The summed E-state index contributed by atoms with van der Waals surface area (Å²) >= 11 is 0. The van der Waals surface area contributed by atoms with E-state index in [1.807, 2.05) is 92.7 Å². The molecule has 7 aromatic carbocycles. The zero-order valence-electron chi connectivity index (χ0n) is 33.5. The molecule has 0 radical (unpaired) electrons. The maximum absolute atomic E-state index is 6.57. The largest absolute Gasteiger partial charge is 0.458 e. The van der Waals surface area contributed by atoms with Crippen molar-refractivity contribution in [3.05, 3.63) is 194 Å². The fourth-order valence-electron chi connectivity index (χ4n) is 8.44. The van der Waals surface area contributed by atoms with E-state index in [0.29, 0.717) is 29.4 Å². The maximum Gasteiger partial charge on any atom is 0.356 e. The molecule has 10 aromatic rings. The molecule has 4 heterocycles. The number of nitrogens with zero attached hydrogens (tertiary/aromatic N) is 6. The number of fused-ring (bicyclic) bond motifs is 8. The van der Waals surface area contributed by atoms with Crippen LogP contribution < -0.4 is 20.4 Å². The first kappa shape index (κ1) is 36.1. The quantitative estimate of drug-likeness (QED) is 0.0695. The minimum atomic E-state index is -0.468. The molecule has 0 N–H and O–H groups in total. The second-order valence-electron chi connectivity index (χ2n) is 15.0. The summed E-state index contributed by atoms with van der Waals surface area (Å²) in [4.78, 5) is 21.3. The Morgan fingerprint density at radius 1 is 0.574 bits per heavy atom. The van der Waals surface area contributed by atoms with Crippen molar-refractivity contribution in [3.8, 4) is 40.5 Å². The van der Waals surface area contributed by atoms with Crippen LogP contribution in [0.3, 0.4) is 0 Å². The summed E-state index contributed by atoms with van der Waals surface area (Å²) in [6, 6.07) is 55.7. The van der Waals surface area contributed by atoms with Gasteiger partial charge < -0.3 is 9.47 Å². The Hall–Kier alpha value is -8.04. The monoisotopic (exact) mass is 788 g/mol. The molecule has 0 fully saturated rings. The van der Waals surface area contributed by atoms with Gasteiger partial charge in [-0.3, -0.25) is 14.0 Å². The van der Waals surface area contributed by atoms with Gasteiger partial charge in [0.25, 0.3) is 0 Å². The zero-order chi connectivity index (χ0) is 40.9. The number of rotatable bonds is 7. The maximum atomic E-state index is 6.57. The number of benzene rings is 7. The highest BCUT2D eigenvalue weighted by Gasteiger charge is 2.33. The van der Waals surface area contributed by atoms with Crippen LogP contribution in [0.4, 0.5) is 0 Å². The van der Waals surface area contributed by atoms with Crippen molar-refractivity contribution in [2.24, 2.45) is 4.90 Å². The lowest BCUT2D eigenvalue weighted by Crippen LogP contribution is -2.46. The van der Waals surface area contributed by atoms with Crippen molar-refractivity contribution in [3.63, 3.8) is 0 Å². The predicted molar refractivity (Wildman–Crippen MR) is 249 cm³/mol. The van der Waals surface area contributed by atoms with E-state index in [-0.39, 0.29) is 0 Å². The Morgan fingerprint density at radius 3 is 1.69 bits per heavy atom. The molecular formula is C52H37BN6O2. The van der Waals surface area contributed by atoms with Crippen LogP contribution in [-0.4, -0.2) is 36.8 Å². The van der Waals surface area contributed by atoms with Crippen molar-refractivity contribution in [1.29, 1.82) is 0 Å². The Morgan fingerprint density at radius 2 is 1.10 bits per heavy atom. The van der Waals surface area contributed by atoms with Gasteiger partial charge >= 0.3 is 6.85 Å². The number of para-hydroxylation sites is 6. The molecule has 8 nitrogen and oxygen atoms in total. The lowest BCUT2D eigenvalue weighted by atomic mass is 9.50. The van der Waals surface area contributed by atoms with E-state index in [4.69, 9.17) is 29.3 Å². The molecule has 61 heavy (non-hydrogen) atoms. The van der Waals surface area contributed by atoms with Crippen molar-refractivity contribution in [2.45, 2.75) is 13.8 Å². The summed E-state index contributed by atoms with van der Waals surface area (Å²) in [7, 11) is 0.